The summed E-state index contributed by atoms with van der Waals surface area (Å²) in [7, 11) is 1.67. The number of hydrogen-bond donors (Lipinski definition) is 1. The minimum absolute atomic E-state index is 0.271. The van der Waals surface area contributed by atoms with Gasteiger partial charge in [-0.15, -0.1) is 0 Å². The molecule has 0 bridgehead atoms. The fourth-order valence-electron chi connectivity index (χ4n) is 2.02. The maximum absolute atomic E-state index is 9.77. The Bertz CT molecular complexity index is 505. The van der Waals surface area contributed by atoms with Crippen molar-refractivity contribution < 1.29 is 9.84 Å². The van der Waals surface area contributed by atoms with E-state index in [-0.39, 0.29) is 6.10 Å². The van der Waals surface area contributed by atoms with Gasteiger partial charge in [0.2, 0.25) is 0 Å². The minimum atomic E-state index is -0.271. The summed E-state index contributed by atoms with van der Waals surface area (Å²) in [5.41, 5.74) is 1.18. The Labute approximate surface area is 102 Å². The first kappa shape index (κ1) is 11.9. The molecular weight excluding hydrogens is 212 g/mol. The number of hydrogen-bond acceptors (Lipinski definition) is 2. The molecule has 1 atom stereocenters. The molecule has 0 aliphatic carbocycles. The SMILES string of the molecule is CCC(O)Cc1cccc2ccc(OC)cc12. The van der Waals surface area contributed by atoms with Crippen LogP contribution in [0.2, 0.25) is 0 Å². The van der Waals surface area contributed by atoms with Crippen LogP contribution in [-0.2, 0) is 6.42 Å². The number of aliphatic hydroxyl groups excluding tert-OH is 1. The highest BCUT2D eigenvalue weighted by Crippen LogP contribution is 2.25. The molecule has 17 heavy (non-hydrogen) atoms. The monoisotopic (exact) mass is 230 g/mol. The summed E-state index contributed by atoms with van der Waals surface area (Å²) in [6.07, 6.45) is 1.20. The van der Waals surface area contributed by atoms with E-state index in [1.165, 1.54) is 16.3 Å². The lowest BCUT2D eigenvalue weighted by atomic mass is 9.99. The van der Waals surface area contributed by atoms with Crippen molar-refractivity contribution in [2.75, 3.05) is 7.11 Å². The first-order chi connectivity index (χ1) is 8.24. The van der Waals surface area contributed by atoms with Gasteiger partial charge in [0.1, 0.15) is 5.75 Å². The van der Waals surface area contributed by atoms with Crippen LogP contribution in [-0.4, -0.2) is 18.3 Å². The zero-order chi connectivity index (χ0) is 12.3. The van der Waals surface area contributed by atoms with Gasteiger partial charge in [-0.1, -0.05) is 31.2 Å². The summed E-state index contributed by atoms with van der Waals surface area (Å²) in [4.78, 5) is 0. The van der Waals surface area contributed by atoms with Crippen LogP contribution in [0.25, 0.3) is 10.8 Å². The molecule has 0 heterocycles. The number of ether oxygens (including phenoxy) is 1. The number of methoxy groups -OCH3 is 1. The number of benzene rings is 2. The molecule has 0 saturated carbocycles. The molecule has 0 saturated heterocycles. The summed E-state index contributed by atoms with van der Waals surface area (Å²) in [5, 5.41) is 12.1. The molecule has 0 spiro atoms. The third-order valence-corrected chi connectivity index (χ3v) is 3.11. The maximum Gasteiger partial charge on any atom is 0.119 e. The first-order valence-electron chi connectivity index (χ1n) is 5.98. The Balaban J connectivity index is 2.46. The van der Waals surface area contributed by atoms with Crippen LogP contribution >= 0.6 is 0 Å². The average molecular weight is 230 g/mol. The van der Waals surface area contributed by atoms with Gasteiger partial charge < -0.3 is 9.84 Å². The van der Waals surface area contributed by atoms with Crippen molar-refractivity contribution in [3.8, 4) is 5.75 Å². The van der Waals surface area contributed by atoms with E-state index in [1.54, 1.807) is 7.11 Å². The summed E-state index contributed by atoms with van der Waals surface area (Å²) < 4.78 is 5.25. The molecule has 0 aliphatic rings. The maximum atomic E-state index is 9.77. The summed E-state index contributed by atoms with van der Waals surface area (Å²) in [6.45, 7) is 2.00. The standard InChI is InChI=1S/C15H18O2/c1-3-13(16)9-12-6-4-5-11-7-8-14(17-2)10-15(11)12/h4-8,10,13,16H,3,9H2,1-2H3. The molecule has 2 heteroatoms. The smallest absolute Gasteiger partial charge is 0.119 e. The van der Waals surface area contributed by atoms with Crippen molar-refractivity contribution in [3.05, 3.63) is 42.0 Å². The van der Waals surface area contributed by atoms with E-state index in [4.69, 9.17) is 4.74 Å². The van der Waals surface area contributed by atoms with E-state index in [0.717, 1.165) is 12.2 Å². The largest absolute Gasteiger partial charge is 0.497 e. The molecule has 0 radical (unpaired) electrons. The normalized spacial score (nSPS) is 12.6. The lowest BCUT2D eigenvalue weighted by molar-refractivity contribution is 0.171. The zero-order valence-corrected chi connectivity index (χ0v) is 10.3. The van der Waals surface area contributed by atoms with Gasteiger partial charge in [0.15, 0.2) is 0 Å². The van der Waals surface area contributed by atoms with Crippen LogP contribution in [0.1, 0.15) is 18.9 Å². The molecule has 1 unspecified atom stereocenters. The summed E-state index contributed by atoms with van der Waals surface area (Å²) in [6, 6.07) is 12.2. The van der Waals surface area contributed by atoms with E-state index < -0.39 is 0 Å². The van der Waals surface area contributed by atoms with Crippen LogP contribution < -0.4 is 4.74 Å². The molecule has 2 aromatic carbocycles. The van der Waals surface area contributed by atoms with E-state index in [0.29, 0.717) is 6.42 Å². The van der Waals surface area contributed by atoms with Gasteiger partial charge in [-0.3, -0.25) is 0 Å². The molecule has 0 amide bonds. The third-order valence-electron chi connectivity index (χ3n) is 3.11. The Kier molecular flexibility index (Phi) is 3.64. The third kappa shape index (κ3) is 2.59. The van der Waals surface area contributed by atoms with Crippen LogP contribution in [0.15, 0.2) is 36.4 Å². The second-order valence-corrected chi connectivity index (χ2v) is 4.27. The Morgan fingerprint density at radius 2 is 2.06 bits per heavy atom. The lowest BCUT2D eigenvalue weighted by Crippen LogP contribution is -2.08. The van der Waals surface area contributed by atoms with Gasteiger partial charge in [0.05, 0.1) is 13.2 Å². The van der Waals surface area contributed by atoms with Gasteiger partial charge in [-0.2, -0.15) is 0 Å². The van der Waals surface area contributed by atoms with Crippen LogP contribution in [0.5, 0.6) is 5.75 Å². The van der Waals surface area contributed by atoms with E-state index in [1.807, 2.05) is 25.1 Å². The molecule has 2 aromatic rings. The topological polar surface area (TPSA) is 29.5 Å². The van der Waals surface area contributed by atoms with Gasteiger partial charge in [-0.25, -0.2) is 0 Å². The highest BCUT2D eigenvalue weighted by Gasteiger charge is 2.07. The fraction of sp³-hybridized carbons (Fsp3) is 0.333. The fourth-order valence-corrected chi connectivity index (χ4v) is 2.02. The minimum Gasteiger partial charge on any atom is -0.497 e. The molecule has 0 aliphatic heterocycles. The molecule has 2 nitrogen and oxygen atoms in total. The first-order valence-corrected chi connectivity index (χ1v) is 5.98. The van der Waals surface area contributed by atoms with E-state index >= 15 is 0 Å². The van der Waals surface area contributed by atoms with Gasteiger partial charge >= 0.3 is 0 Å². The van der Waals surface area contributed by atoms with Crippen molar-refractivity contribution >= 4 is 10.8 Å². The molecular formula is C15H18O2. The van der Waals surface area contributed by atoms with Gasteiger partial charge in [0.25, 0.3) is 0 Å². The highest BCUT2D eigenvalue weighted by atomic mass is 16.5. The van der Waals surface area contributed by atoms with E-state index in [9.17, 15) is 5.11 Å². The van der Waals surface area contributed by atoms with Crippen molar-refractivity contribution in [2.24, 2.45) is 0 Å². The van der Waals surface area contributed by atoms with Crippen molar-refractivity contribution in [2.45, 2.75) is 25.9 Å². The second kappa shape index (κ2) is 5.19. The molecule has 2 rings (SSSR count). The summed E-state index contributed by atoms with van der Waals surface area (Å²) >= 11 is 0. The van der Waals surface area contributed by atoms with Crippen molar-refractivity contribution in [1.29, 1.82) is 0 Å². The van der Waals surface area contributed by atoms with Crippen molar-refractivity contribution in [1.82, 2.24) is 0 Å². The molecule has 1 N–H and O–H groups in total. The van der Waals surface area contributed by atoms with Crippen LogP contribution in [0.3, 0.4) is 0 Å². The Morgan fingerprint density at radius 1 is 1.24 bits per heavy atom. The predicted molar refractivity (Wildman–Crippen MR) is 70.5 cm³/mol. The van der Waals surface area contributed by atoms with Crippen LogP contribution in [0.4, 0.5) is 0 Å². The highest BCUT2D eigenvalue weighted by molar-refractivity contribution is 5.87. The Morgan fingerprint density at radius 3 is 2.76 bits per heavy atom. The second-order valence-electron chi connectivity index (χ2n) is 4.27. The van der Waals surface area contributed by atoms with E-state index in [2.05, 4.69) is 18.2 Å². The molecule has 0 aromatic heterocycles. The summed E-state index contributed by atoms with van der Waals surface area (Å²) in [5.74, 6) is 0.857. The Hall–Kier alpha value is -1.54. The number of rotatable bonds is 4. The van der Waals surface area contributed by atoms with Crippen molar-refractivity contribution in [3.63, 3.8) is 0 Å². The quantitative estimate of drug-likeness (QED) is 0.874. The number of aliphatic hydroxyl groups is 1. The molecule has 90 valence electrons. The van der Waals surface area contributed by atoms with Gasteiger partial charge in [0, 0.05) is 0 Å². The molecule has 0 fully saturated rings. The zero-order valence-electron chi connectivity index (χ0n) is 10.3. The average Bonchev–Trinajstić information content (AvgIpc) is 2.38. The lowest BCUT2D eigenvalue weighted by Gasteiger charge is -2.11. The predicted octanol–water partition coefficient (Wildman–Crippen LogP) is 3.16. The van der Waals surface area contributed by atoms with Gasteiger partial charge in [-0.05, 0) is 41.3 Å². The van der Waals surface area contributed by atoms with Crippen LogP contribution in [0, 0.1) is 0 Å². The number of fused-ring (bicyclic) bond motifs is 1.